The van der Waals surface area contributed by atoms with E-state index in [9.17, 15) is 9.18 Å². The van der Waals surface area contributed by atoms with Crippen LogP contribution >= 0.6 is 0 Å². The first-order valence-electron chi connectivity index (χ1n) is 6.43. The fraction of sp³-hybridized carbons (Fsp3) is 0.500. The topological polar surface area (TPSA) is 55.1 Å². The van der Waals surface area contributed by atoms with E-state index in [4.69, 9.17) is 5.73 Å². The van der Waals surface area contributed by atoms with Gasteiger partial charge in [-0.15, -0.1) is 0 Å². The lowest BCUT2D eigenvalue weighted by Gasteiger charge is -2.10. The van der Waals surface area contributed by atoms with Gasteiger partial charge in [0.15, 0.2) is 0 Å². The molecule has 0 spiro atoms. The Morgan fingerprint density at radius 1 is 1.44 bits per heavy atom. The molecule has 2 unspecified atom stereocenters. The van der Waals surface area contributed by atoms with Gasteiger partial charge in [-0.05, 0) is 43.4 Å². The quantitative estimate of drug-likeness (QED) is 0.853. The largest absolute Gasteiger partial charge is 0.356 e. The summed E-state index contributed by atoms with van der Waals surface area (Å²) in [6, 6.07) is 6.63. The highest BCUT2D eigenvalue weighted by molar-refractivity contribution is 5.79. The summed E-state index contributed by atoms with van der Waals surface area (Å²) in [5, 5.41) is 2.90. The number of carbonyl (C=O) groups is 1. The van der Waals surface area contributed by atoms with Crippen LogP contribution in [0, 0.1) is 11.7 Å². The summed E-state index contributed by atoms with van der Waals surface area (Å²) in [6.07, 6.45) is 3.25. The number of benzene rings is 1. The van der Waals surface area contributed by atoms with Crippen LogP contribution < -0.4 is 11.1 Å². The Kier molecular flexibility index (Phi) is 4.31. The van der Waals surface area contributed by atoms with E-state index in [1.165, 1.54) is 12.1 Å². The highest BCUT2D eigenvalue weighted by Crippen LogP contribution is 2.23. The molecule has 3 nitrogen and oxygen atoms in total. The predicted molar refractivity (Wildman–Crippen MR) is 68.4 cm³/mol. The monoisotopic (exact) mass is 250 g/mol. The SMILES string of the molecule is NC1CCC(C(=O)NCCc2cccc(F)c2)C1. The molecular formula is C14H19FN2O. The van der Waals surface area contributed by atoms with Gasteiger partial charge in [-0.1, -0.05) is 12.1 Å². The third kappa shape index (κ3) is 3.53. The zero-order valence-corrected chi connectivity index (χ0v) is 10.4. The maximum atomic E-state index is 12.9. The van der Waals surface area contributed by atoms with Crippen LogP contribution in [0.1, 0.15) is 24.8 Å². The minimum atomic E-state index is -0.236. The van der Waals surface area contributed by atoms with E-state index >= 15 is 0 Å². The van der Waals surface area contributed by atoms with E-state index in [1.54, 1.807) is 6.07 Å². The molecule has 2 rings (SSSR count). The molecule has 1 aromatic rings. The minimum Gasteiger partial charge on any atom is -0.356 e. The normalized spacial score (nSPS) is 23.0. The van der Waals surface area contributed by atoms with E-state index < -0.39 is 0 Å². The lowest BCUT2D eigenvalue weighted by molar-refractivity contribution is -0.124. The summed E-state index contributed by atoms with van der Waals surface area (Å²) >= 11 is 0. The lowest BCUT2D eigenvalue weighted by atomic mass is 10.1. The summed E-state index contributed by atoms with van der Waals surface area (Å²) < 4.78 is 12.9. The average molecular weight is 250 g/mol. The Morgan fingerprint density at radius 3 is 2.94 bits per heavy atom. The molecule has 2 atom stereocenters. The zero-order chi connectivity index (χ0) is 13.0. The number of hydrogen-bond acceptors (Lipinski definition) is 2. The van der Waals surface area contributed by atoms with E-state index in [1.807, 2.05) is 6.07 Å². The van der Waals surface area contributed by atoms with Crippen LogP contribution in [-0.4, -0.2) is 18.5 Å². The van der Waals surface area contributed by atoms with Crippen LogP contribution in [0.5, 0.6) is 0 Å². The van der Waals surface area contributed by atoms with Gasteiger partial charge in [-0.3, -0.25) is 4.79 Å². The first-order valence-corrected chi connectivity index (χ1v) is 6.43. The van der Waals surface area contributed by atoms with Crippen molar-refractivity contribution >= 4 is 5.91 Å². The summed E-state index contributed by atoms with van der Waals surface area (Å²) in [6.45, 7) is 0.550. The van der Waals surface area contributed by atoms with Crippen molar-refractivity contribution in [1.29, 1.82) is 0 Å². The number of amides is 1. The second-order valence-electron chi connectivity index (χ2n) is 4.94. The second-order valence-corrected chi connectivity index (χ2v) is 4.94. The van der Waals surface area contributed by atoms with Crippen molar-refractivity contribution in [3.63, 3.8) is 0 Å². The smallest absolute Gasteiger partial charge is 0.223 e. The molecule has 1 saturated carbocycles. The number of hydrogen-bond donors (Lipinski definition) is 2. The van der Waals surface area contributed by atoms with Crippen LogP contribution in [0.25, 0.3) is 0 Å². The van der Waals surface area contributed by atoms with Gasteiger partial charge in [0.05, 0.1) is 0 Å². The second kappa shape index (κ2) is 5.96. The van der Waals surface area contributed by atoms with Gasteiger partial charge in [0.25, 0.3) is 0 Å². The molecule has 1 fully saturated rings. The number of rotatable bonds is 4. The molecule has 1 aromatic carbocycles. The van der Waals surface area contributed by atoms with Gasteiger partial charge in [0, 0.05) is 18.5 Å². The molecule has 0 heterocycles. The van der Waals surface area contributed by atoms with Gasteiger partial charge < -0.3 is 11.1 Å². The number of nitrogens with two attached hydrogens (primary N) is 1. The average Bonchev–Trinajstić information content (AvgIpc) is 2.76. The van der Waals surface area contributed by atoms with Gasteiger partial charge >= 0.3 is 0 Å². The van der Waals surface area contributed by atoms with Crippen LogP contribution in [-0.2, 0) is 11.2 Å². The first-order chi connectivity index (χ1) is 8.65. The van der Waals surface area contributed by atoms with Gasteiger partial charge in [0.2, 0.25) is 5.91 Å². The van der Waals surface area contributed by atoms with Crippen LogP contribution in [0.2, 0.25) is 0 Å². The molecular weight excluding hydrogens is 231 g/mol. The van der Waals surface area contributed by atoms with Crippen LogP contribution in [0.3, 0.4) is 0 Å². The molecule has 0 radical (unpaired) electrons. The summed E-state index contributed by atoms with van der Waals surface area (Å²) in [4.78, 5) is 11.8. The zero-order valence-electron chi connectivity index (χ0n) is 10.4. The van der Waals surface area contributed by atoms with Crippen molar-refractivity contribution in [2.75, 3.05) is 6.54 Å². The highest BCUT2D eigenvalue weighted by Gasteiger charge is 2.27. The third-order valence-electron chi connectivity index (χ3n) is 3.45. The van der Waals surface area contributed by atoms with Gasteiger partial charge in [0.1, 0.15) is 5.82 Å². The fourth-order valence-electron chi connectivity index (χ4n) is 2.42. The maximum Gasteiger partial charge on any atom is 0.223 e. The molecule has 1 aliphatic carbocycles. The molecule has 1 amide bonds. The molecule has 0 bridgehead atoms. The minimum absolute atomic E-state index is 0.0625. The summed E-state index contributed by atoms with van der Waals surface area (Å²) in [5.41, 5.74) is 6.68. The molecule has 0 saturated heterocycles. The Bertz CT molecular complexity index is 422. The molecule has 3 N–H and O–H groups in total. The summed E-state index contributed by atoms with van der Waals surface area (Å²) in [5.74, 6) is -0.0903. The lowest BCUT2D eigenvalue weighted by Crippen LogP contribution is -2.31. The number of carbonyl (C=O) groups excluding carboxylic acids is 1. The van der Waals surface area contributed by atoms with E-state index in [-0.39, 0.29) is 23.7 Å². The molecule has 98 valence electrons. The van der Waals surface area contributed by atoms with Crippen molar-refractivity contribution < 1.29 is 9.18 Å². The Morgan fingerprint density at radius 2 is 2.28 bits per heavy atom. The molecule has 0 aliphatic heterocycles. The standard InChI is InChI=1S/C14H19FN2O/c15-12-3-1-2-10(8-12)6-7-17-14(18)11-4-5-13(16)9-11/h1-3,8,11,13H,4-7,9,16H2,(H,17,18). The van der Waals surface area contributed by atoms with Crippen molar-refractivity contribution in [2.24, 2.45) is 11.7 Å². The highest BCUT2D eigenvalue weighted by atomic mass is 19.1. The molecule has 1 aliphatic rings. The number of halogens is 1. The van der Waals surface area contributed by atoms with Crippen molar-refractivity contribution in [1.82, 2.24) is 5.32 Å². The van der Waals surface area contributed by atoms with E-state index in [2.05, 4.69) is 5.32 Å². The van der Waals surface area contributed by atoms with Gasteiger partial charge in [-0.25, -0.2) is 4.39 Å². The van der Waals surface area contributed by atoms with Crippen molar-refractivity contribution in [2.45, 2.75) is 31.7 Å². The molecule has 0 aromatic heterocycles. The van der Waals surface area contributed by atoms with Crippen LogP contribution in [0.15, 0.2) is 24.3 Å². The van der Waals surface area contributed by atoms with Crippen LogP contribution in [0.4, 0.5) is 4.39 Å². The Balaban J connectivity index is 1.73. The van der Waals surface area contributed by atoms with Gasteiger partial charge in [-0.2, -0.15) is 0 Å². The first kappa shape index (κ1) is 13.0. The Labute approximate surface area is 107 Å². The summed E-state index contributed by atoms with van der Waals surface area (Å²) in [7, 11) is 0. The van der Waals surface area contributed by atoms with Crippen molar-refractivity contribution in [3.8, 4) is 0 Å². The number of nitrogens with one attached hydrogen (secondary N) is 1. The maximum absolute atomic E-state index is 12.9. The van der Waals surface area contributed by atoms with E-state index in [0.29, 0.717) is 13.0 Å². The fourth-order valence-corrected chi connectivity index (χ4v) is 2.42. The Hall–Kier alpha value is -1.42. The third-order valence-corrected chi connectivity index (χ3v) is 3.45. The van der Waals surface area contributed by atoms with E-state index in [0.717, 1.165) is 24.8 Å². The van der Waals surface area contributed by atoms with Crippen molar-refractivity contribution in [3.05, 3.63) is 35.6 Å². The predicted octanol–water partition coefficient (Wildman–Crippen LogP) is 1.61. The molecule has 18 heavy (non-hydrogen) atoms. The molecule has 4 heteroatoms.